The molecule has 1 atom stereocenters. The average molecular weight is 177 g/mol. The fourth-order valence-electron chi connectivity index (χ4n) is 0.203. The molecular formula is C8H19NO3. The topological polar surface area (TPSA) is 49.8 Å². The summed E-state index contributed by atoms with van der Waals surface area (Å²) < 4.78 is 4.40. The fraction of sp³-hybridized carbons (Fsp3) is 0.875. The van der Waals surface area contributed by atoms with Gasteiger partial charge in [0.15, 0.2) is 0 Å². The van der Waals surface area contributed by atoms with E-state index in [2.05, 4.69) is 4.74 Å². The second kappa shape index (κ2) is 8.49. The smallest absolute Gasteiger partial charge is 0.302 e. The SMILES string of the molecule is CC(O)N(C)C.CCOC(C)=O. The maximum atomic E-state index is 9.82. The summed E-state index contributed by atoms with van der Waals surface area (Å²) >= 11 is 0. The second-order valence-corrected chi connectivity index (χ2v) is 2.52. The van der Waals surface area contributed by atoms with Crippen LogP contribution in [0.1, 0.15) is 20.8 Å². The highest BCUT2D eigenvalue weighted by Crippen LogP contribution is 1.79. The van der Waals surface area contributed by atoms with Crippen molar-refractivity contribution in [3.63, 3.8) is 0 Å². The van der Waals surface area contributed by atoms with Crippen LogP contribution >= 0.6 is 0 Å². The van der Waals surface area contributed by atoms with Crippen molar-refractivity contribution in [1.29, 1.82) is 0 Å². The van der Waals surface area contributed by atoms with Crippen LogP contribution in [0, 0.1) is 0 Å². The van der Waals surface area contributed by atoms with E-state index in [1.54, 1.807) is 18.7 Å². The van der Waals surface area contributed by atoms with Gasteiger partial charge in [0.2, 0.25) is 0 Å². The molecule has 0 bridgehead atoms. The van der Waals surface area contributed by atoms with Crippen molar-refractivity contribution in [1.82, 2.24) is 4.90 Å². The van der Waals surface area contributed by atoms with Crippen LogP contribution < -0.4 is 0 Å². The lowest BCUT2D eigenvalue weighted by atomic mass is 10.6. The van der Waals surface area contributed by atoms with Crippen LogP contribution in [0.4, 0.5) is 0 Å². The van der Waals surface area contributed by atoms with Crippen molar-refractivity contribution in [2.24, 2.45) is 0 Å². The number of esters is 1. The summed E-state index contributed by atoms with van der Waals surface area (Å²) in [5.74, 6) is -0.211. The van der Waals surface area contributed by atoms with Gasteiger partial charge in [-0.3, -0.25) is 9.69 Å². The number of aliphatic hydroxyl groups excluding tert-OH is 1. The number of aliphatic hydroxyl groups is 1. The molecule has 12 heavy (non-hydrogen) atoms. The van der Waals surface area contributed by atoms with Gasteiger partial charge < -0.3 is 9.84 Å². The number of ether oxygens (including phenoxy) is 1. The highest BCUT2D eigenvalue weighted by Gasteiger charge is 1.92. The molecule has 1 N–H and O–H groups in total. The Labute approximate surface area is 74.1 Å². The minimum Gasteiger partial charge on any atom is -0.466 e. The molecule has 0 saturated heterocycles. The van der Waals surface area contributed by atoms with Crippen molar-refractivity contribution >= 4 is 5.97 Å². The van der Waals surface area contributed by atoms with E-state index in [0.717, 1.165) is 0 Å². The zero-order valence-corrected chi connectivity index (χ0v) is 8.50. The van der Waals surface area contributed by atoms with Gasteiger partial charge in [-0.05, 0) is 27.9 Å². The van der Waals surface area contributed by atoms with Gasteiger partial charge in [-0.1, -0.05) is 0 Å². The molecular weight excluding hydrogens is 158 g/mol. The Kier molecular flexibility index (Phi) is 9.86. The van der Waals surface area contributed by atoms with Gasteiger partial charge >= 0.3 is 5.97 Å². The number of hydrogen-bond donors (Lipinski definition) is 1. The Bertz CT molecular complexity index is 107. The van der Waals surface area contributed by atoms with E-state index in [1.165, 1.54) is 6.92 Å². The summed E-state index contributed by atoms with van der Waals surface area (Å²) in [6.45, 7) is 5.38. The summed E-state index contributed by atoms with van der Waals surface area (Å²) in [7, 11) is 3.65. The predicted octanol–water partition coefficient (Wildman–Crippen LogP) is 0.456. The maximum absolute atomic E-state index is 9.82. The average Bonchev–Trinajstić information content (AvgIpc) is 1.87. The molecule has 0 aliphatic rings. The number of carbonyl (C=O) groups is 1. The van der Waals surface area contributed by atoms with E-state index in [4.69, 9.17) is 5.11 Å². The fourth-order valence-corrected chi connectivity index (χ4v) is 0.203. The van der Waals surface area contributed by atoms with Crippen molar-refractivity contribution < 1.29 is 14.6 Å². The third-order valence-corrected chi connectivity index (χ3v) is 1.09. The molecule has 74 valence electrons. The highest BCUT2D eigenvalue weighted by molar-refractivity contribution is 5.65. The molecule has 4 heteroatoms. The Morgan fingerprint density at radius 2 is 1.92 bits per heavy atom. The minimum absolute atomic E-state index is 0.211. The van der Waals surface area contributed by atoms with Crippen LogP contribution in [0.15, 0.2) is 0 Å². The first kappa shape index (κ1) is 13.9. The van der Waals surface area contributed by atoms with E-state index in [1.807, 2.05) is 14.1 Å². The lowest BCUT2D eigenvalue weighted by Crippen LogP contribution is -2.23. The third-order valence-electron chi connectivity index (χ3n) is 1.09. The molecule has 1 unspecified atom stereocenters. The lowest BCUT2D eigenvalue weighted by Gasteiger charge is -2.11. The molecule has 0 aromatic rings. The first-order valence-corrected chi connectivity index (χ1v) is 3.89. The molecule has 0 rings (SSSR count). The standard InChI is InChI=1S/C4H11NO.C4H8O2/c1-4(6)5(2)3;1-3-6-4(2)5/h4,6H,1-3H3;3H2,1-2H3. The predicted molar refractivity (Wildman–Crippen MR) is 47.7 cm³/mol. The summed E-state index contributed by atoms with van der Waals surface area (Å²) in [5.41, 5.74) is 0. The van der Waals surface area contributed by atoms with Gasteiger partial charge in [0, 0.05) is 6.92 Å². The van der Waals surface area contributed by atoms with Gasteiger partial charge in [0.05, 0.1) is 6.61 Å². The molecule has 0 aromatic carbocycles. The molecule has 0 aliphatic carbocycles. The molecule has 0 spiro atoms. The Balaban J connectivity index is 0. The van der Waals surface area contributed by atoms with E-state index in [-0.39, 0.29) is 12.2 Å². The van der Waals surface area contributed by atoms with E-state index >= 15 is 0 Å². The molecule has 0 aromatic heterocycles. The summed E-state index contributed by atoms with van der Waals surface area (Å²) in [6, 6.07) is 0. The summed E-state index contributed by atoms with van der Waals surface area (Å²) in [6.07, 6.45) is -0.315. The zero-order valence-electron chi connectivity index (χ0n) is 8.50. The monoisotopic (exact) mass is 177 g/mol. The quantitative estimate of drug-likeness (QED) is 0.491. The Hall–Kier alpha value is -0.610. The van der Waals surface area contributed by atoms with E-state index < -0.39 is 0 Å². The number of hydrogen-bond acceptors (Lipinski definition) is 4. The Morgan fingerprint density at radius 3 is 1.92 bits per heavy atom. The number of nitrogens with zero attached hydrogens (tertiary/aromatic N) is 1. The summed E-state index contributed by atoms with van der Waals surface area (Å²) in [5, 5.41) is 8.56. The van der Waals surface area contributed by atoms with Gasteiger partial charge in [0.1, 0.15) is 6.23 Å². The largest absolute Gasteiger partial charge is 0.466 e. The third kappa shape index (κ3) is 16.2. The van der Waals surface area contributed by atoms with E-state index in [0.29, 0.717) is 6.61 Å². The van der Waals surface area contributed by atoms with Crippen LogP contribution in [0.25, 0.3) is 0 Å². The maximum Gasteiger partial charge on any atom is 0.302 e. The van der Waals surface area contributed by atoms with Crippen molar-refractivity contribution in [3.05, 3.63) is 0 Å². The molecule has 0 aliphatic heterocycles. The van der Waals surface area contributed by atoms with Crippen LogP contribution in [-0.2, 0) is 9.53 Å². The van der Waals surface area contributed by atoms with Crippen molar-refractivity contribution in [3.8, 4) is 0 Å². The molecule has 0 fully saturated rings. The van der Waals surface area contributed by atoms with Gasteiger partial charge in [-0.2, -0.15) is 0 Å². The van der Waals surface area contributed by atoms with Gasteiger partial charge in [0.25, 0.3) is 0 Å². The molecule has 0 heterocycles. The minimum atomic E-state index is -0.315. The van der Waals surface area contributed by atoms with Crippen molar-refractivity contribution in [2.45, 2.75) is 27.0 Å². The van der Waals surface area contributed by atoms with Crippen molar-refractivity contribution in [2.75, 3.05) is 20.7 Å². The molecule has 0 amide bonds. The number of rotatable bonds is 2. The highest BCUT2D eigenvalue weighted by atomic mass is 16.5. The van der Waals surface area contributed by atoms with Crippen LogP contribution in [0.3, 0.4) is 0 Å². The van der Waals surface area contributed by atoms with Crippen LogP contribution in [-0.4, -0.2) is 42.9 Å². The van der Waals surface area contributed by atoms with Gasteiger partial charge in [-0.25, -0.2) is 0 Å². The first-order valence-electron chi connectivity index (χ1n) is 3.89. The number of carbonyl (C=O) groups excluding carboxylic acids is 1. The molecule has 0 radical (unpaired) electrons. The Morgan fingerprint density at radius 1 is 1.58 bits per heavy atom. The van der Waals surface area contributed by atoms with Crippen LogP contribution in [0.2, 0.25) is 0 Å². The molecule has 0 saturated carbocycles. The molecule has 4 nitrogen and oxygen atoms in total. The van der Waals surface area contributed by atoms with Crippen LogP contribution in [0.5, 0.6) is 0 Å². The normalized spacial score (nSPS) is 11.6. The second-order valence-electron chi connectivity index (χ2n) is 2.52. The zero-order chi connectivity index (χ0) is 10.1. The summed E-state index contributed by atoms with van der Waals surface area (Å²) in [4.78, 5) is 11.5. The first-order chi connectivity index (χ1) is 5.41. The van der Waals surface area contributed by atoms with E-state index in [9.17, 15) is 4.79 Å². The lowest BCUT2D eigenvalue weighted by molar-refractivity contribution is -0.140. The van der Waals surface area contributed by atoms with Gasteiger partial charge in [-0.15, -0.1) is 0 Å².